The largest absolute Gasteiger partial charge is 0.454 e. The highest BCUT2D eigenvalue weighted by atomic mass is 79.9. The van der Waals surface area contributed by atoms with Gasteiger partial charge >= 0.3 is 0 Å². The Hall–Kier alpha value is -2.67. The number of benzene rings is 2. The van der Waals surface area contributed by atoms with Gasteiger partial charge in [0.05, 0.1) is 11.0 Å². The second-order valence-corrected chi connectivity index (χ2v) is 5.97. The van der Waals surface area contributed by atoms with Gasteiger partial charge in [-0.3, -0.25) is 0 Å². The minimum atomic E-state index is 0.625. The molecule has 0 spiro atoms. The summed E-state index contributed by atoms with van der Waals surface area (Å²) in [5.41, 5.74) is 4.55. The summed E-state index contributed by atoms with van der Waals surface area (Å²) in [4.78, 5) is 3.45. The summed E-state index contributed by atoms with van der Waals surface area (Å²) in [5.74, 6) is 0.625. The predicted molar refractivity (Wildman–Crippen MR) is 86.4 cm³/mol. The molecule has 106 valence electrons. The van der Waals surface area contributed by atoms with Crippen molar-refractivity contribution in [3.05, 3.63) is 40.9 Å². The third-order valence-corrected chi connectivity index (χ3v) is 4.30. The summed E-state index contributed by atoms with van der Waals surface area (Å²) in [5, 5.41) is 16.1. The van der Waals surface area contributed by atoms with Gasteiger partial charge < -0.3 is 9.40 Å². The van der Waals surface area contributed by atoms with Crippen LogP contribution in [0.1, 0.15) is 0 Å². The molecule has 2 N–H and O–H groups in total. The molecule has 0 amide bonds. The summed E-state index contributed by atoms with van der Waals surface area (Å²) < 4.78 is 7.03. The second kappa shape index (κ2) is 4.17. The van der Waals surface area contributed by atoms with Crippen LogP contribution in [0.25, 0.3) is 44.4 Å². The fourth-order valence-electron chi connectivity index (χ4n) is 2.86. The molecule has 0 fully saturated rings. The molecule has 0 atom stereocenters. The Morgan fingerprint density at radius 3 is 2.86 bits per heavy atom. The highest BCUT2D eigenvalue weighted by Gasteiger charge is 2.17. The molecular formula is C15H8BrN5O. The molecule has 5 aromatic rings. The summed E-state index contributed by atoms with van der Waals surface area (Å²) in [6.45, 7) is 0. The van der Waals surface area contributed by atoms with E-state index in [4.69, 9.17) is 4.42 Å². The quantitative estimate of drug-likeness (QED) is 0.476. The van der Waals surface area contributed by atoms with Gasteiger partial charge in [-0.15, -0.1) is 5.10 Å². The molecule has 0 saturated carbocycles. The molecule has 0 aliphatic carbocycles. The van der Waals surface area contributed by atoms with Crippen LogP contribution in [0, 0.1) is 0 Å². The maximum absolute atomic E-state index is 6.02. The maximum Gasteiger partial charge on any atom is 0.181 e. The highest BCUT2D eigenvalue weighted by molar-refractivity contribution is 9.10. The molecule has 2 aromatic carbocycles. The number of hydrogen-bond acceptors (Lipinski definition) is 4. The smallest absolute Gasteiger partial charge is 0.181 e. The lowest BCUT2D eigenvalue weighted by Crippen LogP contribution is -1.83. The van der Waals surface area contributed by atoms with Gasteiger partial charge in [-0.2, -0.15) is 0 Å². The molecule has 0 aliphatic heterocycles. The SMILES string of the molecule is Brc1ccc2oc3c4cccc(-c5nnn[nH]5)c4[nH]c3c2c1. The van der Waals surface area contributed by atoms with Crippen LogP contribution < -0.4 is 0 Å². The van der Waals surface area contributed by atoms with Crippen LogP contribution in [0.3, 0.4) is 0 Å². The topological polar surface area (TPSA) is 83.4 Å². The zero-order valence-corrected chi connectivity index (χ0v) is 12.7. The molecule has 0 aliphatic rings. The zero-order valence-electron chi connectivity index (χ0n) is 11.1. The zero-order chi connectivity index (χ0) is 14.7. The van der Waals surface area contributed by atoms with Crippen LogP contribution in [0.15, 0.2) is 45.3 Å². The van der Waals surface area contributed by atoms with E-state index in [0.717, 1.165) is 43.0 Å². The Kier molecular flexibility index (Phi) is 2.26. The summed E-state index contributed by atoms with van der Waals surface area (Å²) in [6.07, 6.45) is 0. The van der Waals surface area contributed by atoms with E-state index in [-0.39, 0.29) is 0 Å². The van der Waals surface area contributed by atoms with Crippen molar-refractivity contribution in [3.8, 4) is 11.4 Å². The van der Waals surface area contributed by atoms with E-state index in [1.807, 2.05) is 36.4 Å². The van der Waals surface area contributed by atoms with Crippen molar-refractivity contribution in [2.45, 2.75) is 0 Å². The van der Waals surface area contributed by atoms with Gasteiger partial charge in [0.2, 0.25) is 0 Å². The number of furan rings is 1. The van der Waals surface area contributed by atoms with E-state index >= 15 is 0 Å². The normalized spacial score (nSPS) is 11.9. The number of nitrogens with one attached hydrogen (secondary N) is 2. The minimum absolute atomic E-state index is 0.625. The van der Waals surface area contributed by atoms with Gasteiger partial charge in [0.25, 0.3) is 0 Å². The van der Waals surface area contributed by atoms with Crippen LogP contribution in [0.5, 0.6) is 0 Å². The van der Waals surface area contributed by atoms with Crippen molar-refractivity contribution in [2.75, 3.05) is 0 Å². The first-order valence-electron chi connectivity index (χ1n) is 6.68. The van der Waals surface area contributed by atoms with Crippen molar-refractivity contribution in [1.82, 2.24) is 25.6 Å². The molecule has 0 saturated heterocycles. The Morgan fingerprint density at radius 1 is 1.05 bits per heavy atom. The van der Waals surface area contributed by atoms with E-state index in [9.17, 15) is 0 Å². The summed E-state index contributed by atoms with van der Waals surface area (Å²) >= 11 is 3.51. The van der Waals surface area contributed by atoms with Crippen LogP contribution in [-0.4, -0.2) is 25.6 Å². The van der Waals surface area contributed by atoms with Crippen LogP contribution in [-0.2, 0) is 0 Å². The predicted octanol–water partition coefficient (Wildman–Crippen LogP) is 4.01. The molecule has 6 nitrogen and oxygen atoms in total. The Balaban J connectivity index is 1.95. The first kappa shape index (κ1) is 11.9. The third kappa shape index (κ3) is 1.51. The monoisotopic (exact) mass is 353 g/mol. The maximum atomic E-state index is 6.02. The van der Waals surface area contributed by atoms with E-state index in [1.165, 1.54) is 0 Å². The van der Waals surface area contributed by atoms with E-state index < -0.39 is 0 Å². The lowest BCUT2D eigenvalue weighted by atomic mass is 10.1. The number of aromatic amines is 2. The average Bonchev–Trinajstić information content (AvgIpc) is 3.22. The molecule has 22 heavy (non-hydrogen) atoms. The van der Waals surface area contributed by atoms with Gasteiger partial charge in [0.1, 0.15) is 5.58 Å². The molecule has 0 bridgehead atoms. The summed E-state index contributed by atoms with van der Waals surface area (Å²) in [7, 11) is 0. The number of tetrazole rings is 1. The fraction of sp³-hybridized carbons (Fsp3) is 0. The Labute approximate surface area is 131 Å². The van der Waals surface area contributed by atoms with Gasteiger partial charge in [0.15, 0.2) is 11.4 Å². The number of hydrogen-bond donors (Lipinski definition) is 2. The fourth-order valence-corrected chi connectivity index (χ4v) is 3.22. The number of H-pyrrole nitrogens is 2. The van der Waals surface area contributed by atoms with Crippen LogP contribution >= 0.6 is 15.9 Å². The Morgan fingerprint density at radius 2 is 2.00 bits per heavy atom. The molecule has 0 unspecified atom stereocenters. The lowest BCUT2D eigenvalue weighted by molar-refractivity contribution is 0.673. The number of para-hydroxylation sites is 1. The van der Waals surface area contributed by atoms with Crippen molar-refractivity contribution < 1.29 is 4.42 Å². The molecule has 0 radical (unpaired) electrons. The lowest BCUT2D eigenvalue weighted by Gasteiger charge is -1.98. The van der Waals surface area contributed by atoms with Gasteiger partial charge in [-0.1, -0.05) is 22.0 Å². The number of fused-ring (bicyclic) bond motifs is 5. The minimum Gasteiger partial charge on any atom is -0.454 e. The molecule has 3 aromatic heterocycles. The molecule has 3 heterocycles. The van der Waals surface area contributed by atoms with Crippen LogP contribution in [0.2, 0.25) is 0 Å². The van der Waals surface area contributed by atoms with E-state index in [2.05, 4.69) is 41.5 Å². The summed E-state index contributed by atoms with van der Waals surface area (Å²) in [6, 6.07) is 11.9. The van der Waals surface area contributed by atoms with Gasteiger partial charge in [0, 0.05) is 20.8 Å². The van der Waals surface area contributed by atoms with E-state index in [0.29, 0.717) is 5.82 Å². The van der Waals surface area contributed by atoms with Gasteiger partial charge in [-0.25, -0.2) is 5.10 Å². The van der Waals surface area contributed by atoms with Crippen molar-refractivity contribution in [3.63, 3.8) is 0 Å². The first-order valence-corrected chi connectivity index (χ1v) is 7.47. The van der Waals surface area contributed by atoms with Crippen molar-refractivity contribution >= 4 is 48.9 Å². The van der Waals surface area contributed by atoms with Crippen molar-refractivity contribution in [1.29, 1.82) is 0 Å². The molecular weight excluding hydrogens is 346 g/mol. The number of nitrogens with zero attached hydrogens (tertiary/aromatic N) is 3. The molecule has 5 rings (SSSR count). The average molecular weight is 354 g/mol. The second-order valence-electron chi connectivity index (χ2n) is 5.05. The number of aromatic nitrogens is 5. The van der Waals surface area contributed by atoms with Gasteiger partial charge in [-0.05, 0) is 40.8 Å². The first-order chi connectivity index (χ1) is 10.8. The number of halogens is 1. The number of rotatable bonds is 1. The highest BCUT2D eigenvalue weighted by Crippen LogP contribution is 2.37. The van der Waals surface area contributed by atoms with Crippen molar-refractivity contribution in [2.24, 2.45) is 0 Å². The standard InChI is InChI=1S/C15H8BrN5O/c16-7-4-5-11-10(6-7)13-14(22-11)8-2-1-3-9(12(8)17-13)15-18-20-21-19-15/h1-6,17H,(H,18,19,20,21). The Bertz CT molecular complexity index is 1140. The molecule has 7 heteroatoms. The van der Waals surface area contributed by atoms with Crippen LogP contribution in [0.4, 0.5) is 0 Å². The third-order valence-electron chi connectivity index (χ3n) is 3.81. The van der Waals surface area contributed by atoms with E-state index in [1.54, 1.807) is 0 Å².